The normalized spacial score (nSPS) is 12.5. The Balaban J connectivity index is 2.85. The molecule has 0 bridgehead atoms. The summed E-state index contributed by atoms with van der Waals surface area (Å²) < 4.78 is 30.2. The molecule has 0 saturated heterocycles. The molecule has 0 spiro atoms. The van der Waals surface area contributed by atoms with Crippen LogP contribution in [0.2, 0.25) is 0 Å². The zero-order chi connectivity index (χ0) is 14.3. The number of hydrogen-bond acceptors (Lipinski definition) is 3. The van der Waals surface area contributed by atoms with E-state index in [1.54, 1.807) is 19.1 Å². The third-order valence-electron chi connectivity index (χ3n) is 2.69. The van der Waals surface area contributed by atoms with E-state index in [0.717, 1.165) is 0 Å². The van der Waals surface area contributed by atoms with Crippen molar-refractivity contribution < 1.29 is 18.3 Å². The standard InChI is InChI=1S/C14H19F2NO2/c1-3-17-12(9-13(18)19-4-2)10-6-5-7-11(8-10)14(15)16/h5-8,12,14,17H,3-4,9H2,1-2H3. The van der Waals surface area contributed by atoms with Crippen LogP contribution in [-0.4, -0.2) is 19.1 Å². The quantitative estimate of drug-likeness (QED) is 0.774. The van der Waals surface area contributed by atoms with Gasteiger partial charge in [-0.15, -0.1) is 0 Å². The largest absolute Gasteiger partial charge is 0.466 e. The Hall–Kier alpha value is -1.49. The molecule has 3 nitrogen and oxygen atoms in total. The summed E-state index contributed by atoms with van der Waals surface area (Å²) >= 11 is 0. The number of carbonyl (C=O) groups excluding carboxylic acids is 1. The number of nitrogens with one attached hydrogen (secondary N) is 1. The van der Waals surface area contributed by atoms with Crippen LogP contribution in [0, 0.1) is 0 Å². The summed E-state index contributed by atoms with van der Waals surface area (Å²) in [6.45, 7) is 4.59. The van der Waals surface area contributed by atoms with Crippen LogP contribution in [-0.2, 0) is 9.53 Å². The summed E-state index contributed by atoms with van der Waals surface area (Å²) in [7, 11) is 0. The second-order valence-electron chi connectivity index (χ2n) is 4.09. The molecule has 1 unspecified atom stereocenters. The van der Waals surface area contributed by atoms with Crippen LogP contribution in [0.4, 0.5) is 8.78 Å². The average Bonchev–Trinajstić information content (AvgIpc) is 2.38. The van der Waals surface area contributed by atoms with Gasteiger partial charge in [0.2, 0.25) is 0 Å². The maximum Gasteiger partial charge on any atom is 0.307 e. The molecule has 0 aromatic heterocycles. The van der Waals surface area contributed by atoms with E-state index in [0.29, 0.717) is 18.7 Å². The summed E-state index contributed by atoms with van der Waals surface area (Å²) in [4.78, 5) is 11.5. The Morgan fingerprint density at radius 3 is 2.58 bits per heavy atom. The highest BCUT2D eigenvalue weighted by atomic mass is 19.3. The molecule has 1 N–H and O–H groups in total. The van der Waals surface area contributed by atoms with Crippen molar-refractivity contribution in [2.24, 2.45) is 0 Å². The summed E-state index contributed by atoms with van der Waals surface area (Å²) in [6.07, 6.45) is -2.38. The van der Waals surface area contributed by atoms with Crippen LogP contribution < -0.4 is 5.32 Å². The number of carbonyl (C=O) groups is 1. The number of hydrogen-bond donors (Lipinski definition) is 1. The highest BCUT2D eigenvalue weighted by molar-refractivity contribution is 5.70. The minimum absolute atomic E-state index is 0.0377. The van der Waals surface area contributed by atoms with Crippen molar-refractivity contribution in [3.63, 3.8) is 0 Å². The lowest BCUT2D eigenvalue weighted by Crippen LogP contribution is -2.24. The van der Waals surface area contributed by atoms with E-state index in [4.69, 9.17) is 4.74 Å². The lowest BCUT2D eigenvalue weighted by atomic mass is 10.0. The summed E-state index contributed by atoms with van der Waals surface area (Å²) in [5, 5.41) is 3.11. The molecule has 1 aromatic rings. The minimum atomic E-state index is -2.51. The van der Waals surface area contributed by atoms with Crippen molar-refractivity contribution in [1.29, 1.82) is 0 Å². The van der Waals surface area contributed by atoms with Gasteiger partial charge in [-0.1, -0.05) is 25.1 Å². The number of ether oxygens (including phenoxy) is 1. The molecular formula is C14H19F2NO2. The number of rotatable bonds is 7. The first-order chi connectivity index (χ1) is 9.08. The maximum absolute atomic E-state index is 12.7. The molecule has 0 aliphatic rings. The van der Waals surface area contributed by atoms with E-state index in [-0.39, 0.29) is 24.0 Å². The fourth-order valence-electron chi connectivity index (χ4n) is 1.85. The van der Waals surface area contributed by atoms with E-state index in [1.807, 2.05) is 6.92 Å². The van der Waals surface area contributed by atoms with Gasteiger partial charge in [0.1, 0.15) is 0 Å². The van der Waals surface area contributed by atoms with Crippen LogP contribution in [0.15, 0.2) is 24.3 Å². The smallest absolute Gasteiger partial charge is 0.307 e. The molecule has 0 heterocycles. The predicted octanol–water partition coefficient (Wildman–Crippen LogP) is 3.23. The van der Waals surface area contributed by atoms with E-state index in [2.05, 4.69) is 5.32 Å². The van der Waals surface area contributed by atoms with Crippen LogP contribution >= 0.6 is 0 Å². The molecule has 0 radical (unpaired) electrons. The van der Waals surface area contributed by atoms with Crippen molar-refractivity contribution in [1.82, 2.24) is 5.32 Å². The molecule has 106 valence electrons. The van der Waals surface area contributed by atoms with E-state index < -0.39 is 6.43 Å². The molecule has 19 heavy (non-hydrogen) atoms. The Morgan fingerprint density at radius 2 is 2.00 bits per heavy atom. The second kappa shape index (κ2) is 7.84. The van der Waals surface area contributed by atoms with E-state index in [1.165, 1.54) is 12.1 Å². The van der Waals surface area contributed by atoms with Gasteiger partial charge < -0.3 is 10.1 Å². The Bertz CT molecular complexity index is 410. The van der Waals surface area contributed by atoms with Gasteiger partial charge in [-0.25, -0.2) is 8.78 Å². The molecular weight excluding hydrogens is 252 g/mol. The molecule has 0 aliphatic carbocycles. The van der Waals surface area contributed by atoms with Crippen molar-refractivity contribution in [3.05, 3.63) is 35.4 Å². The van der Waals surface area contributed by atoms with Crippen molar-refractivity contribution in [2.45, 2.75) is 32.7 Å². The van der Waals surface area contributed by atoms with Gasteiger partial charge in [0.05, 0.1) is 13.0 Å². The Kier molecular flexibility index (Phi) is 6.42. The number of alkyl halides is 2. The highest BCUT2D eigenvalue weighted by Crippen LogP contribution is 2.24. The van der Waals surface area contributed by atoms with E-state index >= 15 is 0 Å². The average molecular weight is 271 g/mol. The second-order valence-corrected chi connectivity index (χ2v) is 4.09. The third-order valence-corrected chi connectivity index (χ3v) is 2.69. The zero-order valence-corrected chi connectivity index (χ0v) is 11.2. The van der Waals surface area contributed by atoms with Gasteiger partial charge in [0.15, 0.2) is 0 Å². The number of benzene rings is 1. The molecule has 0 amide bonds. The van der Waals surface area contributed by atoms with Gasteiger partial charge >= 0.3 is 5.97 Å². The SMILES string of the molecule is CCNC(CC(=O)OCC)c1cccc(C(F)F)c1. The summed E-state index contributed by atoms with van der Waals surface area (Å²) in [6, 6.07) is 5.81. The Morgan fingerprint density at radius 1 is 1.32 bits per heavy atom. The monoisotopic (exact) mass is 271 g/mol. The fourth-order valence-corrected chi connectivity index (χ4v) is 1.85. The highest BCUT2D eigenvalue weighted by Gasteiger charge is 2.17. The topological polar surface area (TPSA) is 38.3 Å². The number of esters is 1. The number of halogens is 2. The van der Waals surface area contributed by atoms with Gasteiger partial charge in [-0.3, -0.25) is 4.79 Å². The van der Waals surface area contributed by atoms with Crippen LogP contribution in [0.1, 0.15) is 43.9 Å². The Labute approximate surface area is 112 Å². The zero-order valence-electron chi connectivity index (χ0n) is 11.2. The molecule has 0 aliphatic heterocycles. The predicted molar refractivity (Wildman–Crippen MR) is 69.1 cm³/mol. The van der Waals surface area contributed by atoms with Crippen molar-refractivity contribution in [3.8, 4) is 0 Å². The van der Waals surface area contributed by atoms with Gasteiger partial charge in [-0.2, -0.15) is 0 Å². The molecule has 5 heteroatoms. The van der Waals surface area contributed by atoms with Crippen LogP contribution in [0.3, 0.4) is 0 Å². The van der Waals surface area contributed by atoms with Crippen molar-refractivity contribution >= 4 is 5.97 Å². The first-order valence-electron chi connectivity index (χ1n) is 6.35. The first-order valence-corrected chi connectivity index (χ1v) is 6.35. The van der Waals surface area contributed by atoms with Crippen molar-refractivity contribution in [2.75, 3.05) is 13.2 Å². The van der Waals surface area contributed by atoms with Crippen LogP contribution in [0.25, 0.3) is 0 Å². The molecule has 1 atom stereocenters. The fraction of sp³-hybridized carbons (Fsp3) is 0.500. The van der Waals surface area contributed by atoms with Gasteiger partial charge in [0, 0.05) is 11.6 Å². The summed E-state index contributed by atoms with van der Waals surface area (Å²) in [5.74, 6) is -0.337. The molecule has 0 saturated carbocycles. The molecule has 0 fully saturated rings. The van der Waals surface area contributed by atoms with Crippen LogP contribution in [0.5, 0.6) is 0 Å². The first kappa shape index (κ1) is 15.6. The van der Waals surface area contributed by atoms with E-state index in [9.17, 15) is 13.6 Å². The summed E-state index contributed by atoms with van der Waals surface area (Å²) in [5.41, 5.74) is 0.636. The maximum atomic E-state index is 12.7. The minimum Gasteiger partial charge on any atom is -0.466 e. The third kappa shape index (κ3) is 4.95. The van der Waals surface area contributed by atoms with Gasteiger partial charge in [-0.05, 0) is 25.1 Å². The lowest BCUT2D eigenvalue weighted by molar-refractivity contribution is -0.143. The molecule has 1 rings (SSSR count). The lowest BCUT2D eigenvalue weighted by Gasteiger charge is -2.18. The molecule has 1 aromatic carbocycles. The van der Waals surface area contributed by atoms with Gasteiger partial charge in [0.25, 0.3) is 6.43 Å².